The number of anilines is 1. The van der Waals surface area contributed by atoms with Gasteiger partial charge in [0.15, 0.2) is 0 Å². The standard InChI is InChI=1S/C17H23N5O3/c1-24-14-7-8-15(16(9-14)25-2)19-17(23)13-5-3-12(4-6-13)10-22-11-18-20-21-22/h7-9,11-13H,3-6,10H2,1-2H3,(H,19,23). The Morgan fingerprint density at radius 1 is 1.24 bits per heavy atom. The Hall–Kier alpha value is -2.64. The number of hydrogen-bond acceptors (Lipinski definition) is 6. The minimum absolute atomic E-state index is 0.0249. The molecule has 1 aromatic heterocycles. The van der Waals surface area contributed by atoms with Gasteiger partial charge in [-0.3, -0.25) is 4.79 Å². The number of aromatic nitrogens is 4. The summed E-state index contributed by atoms with van der Waals surface area (Å²) in [5.74, 6) is 1.88. The van der Waals surface area contributed by atoms with E-state index in [0.717, 1.165) is 32.2 Å². The summed E-state index contributed by atoms with van der Waals surface area (Å²) >= 11 is 0. The fraction of sp³-hybridized carbons (Fsp3) is 0.529. The summed E-state index contributed by atoms with van der Waals surface area (Å²) in [6, 6.07) is 5.37. The number of rotatable bonds is 6. The number of amides is 1. The van der Waals surface area contributed by atoms with Crippen LogP contribution in [0.15, 0.2) is 24.5 Å². The van der Waals surface area contributed by atoms with Crippen LogP contribution in [0, 0.1) is 11.8 Å². The second-order valence-electron chi connectivity index (χ2n) is 6.30. The highest BCUT2D eigenvalue weighted by molar-refractivity contribution is 5.94. The number of tetrazole rings is 1. The van der Waals surface area contributed by atoms with Gasteiger partial charge in [-0.25, -0.2) is 4.68 Å². The number of methoxy groups -OCH3 is 2. The van der Waals surface area contributed by atoms with Crippen LogP contribution in [-0.4, -0.2) is 40.3 Å². The molecule has 1 aliphatic carbocycles. The fourth-order valence-corrected chi connectivity index (χ4v) is 3.27. The van der Waals surface area contributed by atoms with Gasteiger partial charge in [0.1, 0.15) is 17.8 Å². The highest BCUT2D eigenvalue weighted by Gasteiger charge is 2.27. The number of hydrogen-bond donors (Lipinski definition) is 1. The Morgan fingerprint density at radius 2 is 2.04 bits per heavy atom. The summed E-state index contributed by atoms with van der Waals surface area (Å²) in [5, 5.41) is 14.2. The molecule has 8 nitrogen and oxygen atoms in total. The summed E-state index contributed by atoms with van der Waals surface area (Å²) in [6.45, 7) is 0.813. The van der Waals surface area contributed by atoms with E-state index in [4.69, 9.17) is 9.47 Å². The van der Waals surface area contributed by atoms with E-state index < -0.39 is 0 Å². The SMILES string of the molecule is COc1ccc(NC(=O)C2CCC(Cn3cnnn3)CC2)c(OC)c1. The van der Waals surface area contributed by atoms with Crippen molar-refractivity contribution < 1.29 is 14.3 Å². The molecule has 8 heteroatoms. The van der Waals surface area contributed by atoms with Gasteiger partial charge >= 0.3 is 0 Å². The molecule has 0 aliphatic heterocycles. The van der Waals surface area contributed by atoms with Gasteiger partial charge in [-0.1, -0.05) is 0 Å². The lowest BCUT2D eigenvalue weighted by Gasteiger charge is -2.27. The Labute approximate surface area is 146 Å². The smallest absolute Gasteiger partial charge is 0.227 e. The zero-order valence-corrected chi connectivity index (χ0v) is 14.5. The monoisotopic (exact) mass is 345 g/mol. The molecule has 0 bridgehead atoms. The lowest BCUT2D eigenvalue weighted by Crippen LogP contribution is -2.28. The molecular weight excluding hydrogens is 322 g/mol. The molecular formula is C17H23N5O3. The van der Waals surface area contributed by atoms with Crippen LogP contribution in [0.3, 0.4) is 0 Å². The van der Waals surface area contributed by atoms with Gasteiger partial charge < -0.3 is 14.8 Å². The van der Waals surface area contributed by atoms with Crippen molar-refractivity contribution in [3.63, 3.8) is 0 Å². The maximum absolute atomic E-state index is 12.6. The largest absolute Gasteiger partial charge is 0.497 e. The topological polar surface area (TPSA) is 91.2 Å². The molecule has 0 saturated heterocycles. The Kier molecular flexibility index (Phi) is 5.47. The molecule has 1 aliphatic rings. The van der Waals surface area contributed by atoms with Crippen LogP contribution in [0.1, 0.15) is 25.7 Å². The van der Waals surface area contributed by atoms with Crippen molar-refractivity contribution in [2.75, 3.05) is 19.5 Å². The number of carbonyl (C=O) groups excluding carboxylic acids is 1. The first-order chi connectivity index (χ1) is 12.2. The molecule has 1 aromatic carbocycles. The summed E-state index contributed by atoms with van der Waals surface area (Å²) < 4.78 is 12.3. The van der Waals surface area contributed by atoms with E-state index in [1.807, 2.05) is 0 Å². The second kappa shape index (κ2) is 7.96. The summed E-state index contributed by atoms with van der Waals surface area (Å²) in [6.07, 6.45) is 5.37. The molecule has 0 radical (unpaired) electrons. The highest BCUT2D eigenvalue weighted by Crippen LogP contribution is 2.33. The Morgan fingerprint density at radius 3 is 2.68 bits per heavy atom. The van der Waals surface area contributed by atoms with Crippen molar-refractivity contribution in [3.05, 3.63) is 24.5 Å². The Bertz CT molecular complexity index is 696. The van der Waals surface area contributed by atoms with Gasteiger partial charge in [0.25, 0.3) is 0 Å². The third kappa shape index (κ3) is 4.26. The van der Waals surface area contributed by atoms with Gasteiger partial charge in [-0.15, -0.1) is 5.10 Å². The number of ether oxygens (including phenoxy) is 2. The molecule has 0 atom stereocenters. The number of benzene rings is 1. The van der Waals surface area contributed by atoms with Gasteiger partial charge in [0.05, 0.1) is 19.9 Å². The van der Waals surface area contributed by atoms with Crippen molar-refractivity contribution in [2.24, 2.45) is 11.8 Å². The predicted molar refractivity (Wildman–Crippen MR) is 91.4 cm³/mol. The number of nitrogens with zero attached hydrogens (tertiary/aromatic N) is 4. The van der Waals surface area contributed by atoms with Crippen LogP contribution in [0.5, 0.6) is 11.5 Å². The number of carbonyl (C=O) groups is 1. The summed E-state index contributed by atoms with van der Waals surface area (Å²) in [5.41, 5.74) is 0.670. The van der Waals surface area contributed by atoms with E-state index in [-0.39, 0.29) is 11.8 Å². The average Bonchev–Trinajstić information content (AvgIpc) is 3.15. The molecule has 1 amide bonds. The zero-order valence-electron chi connectivity index (χ0n) is 14.5. The van der Waals surface area contributed by atoms with Crippen molar-refractivity contribution >= 4 is 11.6 Å². The van der Waals surface area contributed by atoms with Gasteiger partial charge in [-0.2, -0.15) is 0 Å². The summed E-state index contributed by atoms with van der Waals surface area (Å²) in [7, 11) is 3.18. The van der Waals surface area contributed by atoms with Crippen molar-refractivity contribution in [1.82, 2.24) is 20.2 Å². The van der Waals surface area contributed by atoms with Crippen LogP contribution in [0.25, 0.3) is 0 Å². The highest BCUT2D eigenvalue weighted by atomic mass is 16.5. The third-order valence-electron chi connectivity index (χ3n) is 4.72. The van der Waals surface area contributed by atoms with Gasteiger partial charge in [0, 0.05) is 18.5 Å². The third-order valence-corrected chi connectivity index (χ3v) is 4.72. The van der Waals surface area contributed by atoms with E-state index in [0.29, 0.717) is 23.1 Å². The van der Waals surface area contributed by atoms with E-state index >= 15 is 0 Å². The molecule has 1 heterocycles. The van der Waals surface area contributed by atoms with Crippen molar-refractivity contribution in [1.29, 1.82) is 0 Å². The molecule has 3 rings (SSSR count). The van der Waals surface area contributed by atoms with Crippen molar-refractivity contribution in [3.8, 4) is 11.5 Å². The van der Waals surface area contributed by atoms with E-state index in [9.17, 15) is 4.79 Å². The van der Waals surface area contributed by atoms with Crippen LogP contribution in [0.2, 0.25) is 0 Å². The zero-order chi connectivity index (χ0) is 17.6. The maximum Gasteiger partial charge on any atom is 0.227 e. The first-order valence-electron chi connectivity index (χ1n) is 8.43. The van der Waals surface area contributed by atoms with Crippen molar-refractivity contribution in [2.45, 2.75) is 32.2 Å². The number of nitrogens with one attached hydrogen (secondary N) is 1. The molecule has 2 aromatic rings. The average molecular weight is 345 g/mol. The second-order valence-corrected chi connectivity index (χ2v) is 6.30. The van der Waals surface area contributed by atoms with E-state index in [1.54, 1.807) is 43.4 Å². The molecule has 0 spiro atoms. The maximum atomic E-state index is 12.6. The minimum atomic E-state index is 0.0249. The molecule has 0 unspecified atom stereocenters. The van der Waals surface area contributed by atoms with Crippen LogP contribution in [-0.2, 0) is 11.3 Å². The lowest BCUT2D eigenvalue weighted by atomic mass is 9.81. The van der Waals surface area contributed by atoms with Gasteiger partial charge in [-0.05, 0) is 54.2 Å². The van der Waals surface area contributed by atoms with Gasteiger partial charge in [0.2, 0.25) is 5.91 Å². The normalized spacial score (nSPS) is 20.1. The minimum Gasteiger partial charge on any atom is -0.497 e. The Balaban J connectivity index is 1.54. The molecule has 1 saturated carbocycles. The molecule has 134 valence electrons. The fourth-order valence-electron chi connectivity index (χ4n) is 3.27. The molecule has 1 N–H and O–H groups in total. The molecule has 1 fully saturated rings. The molecule has 25 heavy (non-hydrogen) atoms. The lowest BCUT2D eigenvalue weighted by molar-refractivity contribution is -0.121. The van der Waals surface area contributed by atoms with Crippen LogP contribution < -0.4 is 14.8 Å². The van der Waals surface area contributed by atoms with E-state index in [1.165, 1.54) is 0 Å². The predicted octanol–water partition coefficient (Wildman–Crippen LogP) is 2.14. The van der Waals surface area contributed by atoms with Crippen LogP contribution in [0.4, 0.5) is 5.69 Å². The quantitative estimate of drug-likeness (QED) is 0.862. The first-order valence-corrected chi connectivity index (χ1v) is 8.43. The first kappa shape index (κ1) is 17.2. The summed E-state index contributed by atoms with van der Waals surface area (Å²) in [4.78, 5) is 12.6. The van der Waals surface area contributed by atoms with E-state index in [2.05, 4.69) is 20.8 Å². The van der Waals surface area contributed by atoms with Crippen LogP contribution >= 0.6 is 0 Å².